The van der Waals surface area contributed by atoms with Gasteiger partial charge in [0.05, 0.1) is 12.7 Å². The van der Waals surface area contributed by atoms with Gasteiger partial charge in [-0.15, -0.1) is 0 Å². The zero-order valence-corrected chi connectivity index (χ0v) is 10.9. The number of hydrogen-bond acceptors (Lipinski definition) is 2. The summed E-state index contributed by atoms with van der Waals surface area (Å²) in [5.41, 5.74) is 2.70. The molecule has 0 heterocycles. The lowest BCUT2D eigenvalue weighted by molar-refractivity contribution is 0.0504. The van der Waals surface area contributed by atoms with E-state index in [1.807, 2.05) is 0 Å². The molecule has 2 nitrogen and oxygen atoms in total. The van der Waals surface area contributed by atoms with Crippen LogP contribution >= 0.6 is 0 Å². The molecule has 0 saturated heterocycles. The molecule has 1 atom stereocenters. The molecule has 1 fully saturated rings. The summed E-state index contributed by atoms with van der Waals surface area (Å²) < 4.78 is 5.81. The summed E-state index contributed by atoms with van der Waals surface area (Å²) >= 11 is 0. The Hall–Kier alpha value is -0.860. The predicted molar refractivity (Wildman–Crippen MR) is 70.8 cm³/mol. The SMILES string of the molecule is CCC(C)OCc1ccccc1CNC1CC1. The topological polar surface area (TPSA) is 21.3 Å². The Balaban J connectivity index is 1.89. The highest BCUT2D eigenvalue weighted by atomic mass is 16.5. The molecule has 0 spiro atoms. The van der Waals surface area contributed by atoms with Crippen molar-refractivity contribution in [3.05, 3.63) is 35.4 Å². The van der Waals surface area contributed by atoms with Crippen LogP contribution in [0.4, 0.5) is 0 Å². The molecule has 1 aromatic rings. The number of rotatable bonds is 7. The molecule has 0 aliphatic heterocycles. The van der Waals surface area contributed by atoms with Gasteiger partial charge in [0.25, 0.3) is 0 Å². The highest BCUT2D eigenvalue weighted by Crippen LogP contribution is 2.20. The van der Waals surface area contributed by atoms with E-state index in [9.17, 15) is 0 Å². The van der Waals surface area contributed by atoms with Crippen LogP contribution in [0.15, 0.2) is 24.3 Å². The van der Waals surface area contributed by atoms with Crippen molar-refractivity contribution in [3.8, 4) is 0 Å². The number of ether oxygens (including phenoxy) is 1. The number of nitrogens with one attached hydrogen (secondary N) is 1. The van der Waals surface area contributed by atoms with Crippen molar-refractivity contribution in [1.29, 1.82) is 0 Å². The zero-order chi connectivity index (χ0) is 12.1. The Bertz CT molecular complexity index is 347. The van der Waals surface area contributed by atoms with Crippen LogP contribution in [0.5, 0.6) is 0 Å². The minimum atomic E-state index is 0.347. The summed E-state index contributed by atoms with van der Waals surface area (Å²) in [4.78, 5) is 0. The molecule has 0 amide bonds. The van der Waals surface area contributed by atoms with E-state index in [-0.39, 0.29) is 0 Å². The predicted octanol–water partition coefficient (Wildman–Crippen LogP) is 3.25. The maximum absolute atomic E-state index is 5.81. The van der Waals surface area contributed by atoms with Crippen molar-refractivity contribution in [2.24, 2.45) is 0 Å². The van der Waals surface area contributed by atoms with Crippen LogP contribution in [0, 0.1) is 0 Å². The summed E-state index contributed by atoms with van der Waals surface area (Å²) in [7, 11) is 0. The highest BCUT2D eigenvalue weighted by molar-refractivity contribution is 5.26. The fourth-order valence-corrected chi connectivity index (χ4v) is 1.76. The molecule has 94 valence electrons. The first kappa shape index (κ1) is 12.6. The van der Waals surface area contributed by atoms with Crippen LogP contribution in [0.3, 0.4) is 0 Å². The standard InChI is InChI=1S/C15H23NO/c1-3-12(2)17-11-14-7-5-4-6-13(14)10-16-15-8-9-15/h4-7,12,15-16H,3,8-11H2,1-2H3. The van der Waals surface area contributed by atoms with Gasteiger partial charge >= 0.3 is 0 Å². The maximum Gasteiger partial charge on any atom is 0.0723 e. The van der Waals surface area contributed by atoms with Gasteiger partial charge in [-0.1, -0.05) is 31.2 Å². The fraction of sp³-hybridized carbons (Fsp3) is 0.600. The molecule has 1 saturated carbocycles. The zero-order valence-electron chi connectivity index (χ0n) is 10.9. The summed E-state index contributed by atoms with van der Waals surface area (Å²) in [5.74, 6) is 0. The smallest absolute Gasteiger partial charge is 0.0723 e. The molecular formula is C15H23NO. The second kappa shape index (κ2) is 6.18. The van der Waals surface area contributed by atoms with E-state index in [1.54, 1.807) is 0 Å². The summed E-state index contributed by atoms with van der Waals surface area (Å²) in [6, 6.07) is 9.34. The Kier molecular flexibility index (Phi) is 4.57. The first-order chi connectivity index (χ1) is 8.29. The normalized spacial score (nSPS) is 17.1. The molecule has 1 aromatic carbocycles. The quantitative estimate of drug-likeness (QED) is 0.780. The molecule has 0 bridgehead atoms. The van der Waals surface area contributed by atoms with Crippen molar-refractivity contribution < 1.29 is 4.74 Å². The van der Waals surface area contributed by atoms with Crippen molar-refractivity contribution >= 4 is 0 Å². The first-order valence-corrected chi connectivity index (χ1v) is 6.71. The van der Waals surface area contributed by atoms with Gasteiger partial charge in [-0.2, -0.15) is 0 Å². The molecule has 0 aromatic heterocycles. The Morgan fingerprint density at radius 1 is 1.29 bits per heavy atom. The van der Waals surface area contributed by atoms with Crippen LogP contribution in [-0.4, -0.2) is 12.1 Å². The van der Waals surface area contributed by atoms with E-state index in [0.717, 1.165) is 25.6 Å². The summed E-state index contributed by atoms with van der Waals surface area (Å²) in [6.45, 7) is 6.00. The van der Waals surface area contributed by atoms with Gasteiger partial charge in [0, 0.05) is 12.6 Å². The fourth-order valence-electron chi connectivity index (χ4n) is 1.76. The molecule has 1 aliphatic carbocycles. The van der Waals surface area contributed by atoms with Gasteiger partial charge in [0.2, 0.25) is 0 Å². The largest absolute Gasteiger partial charge is 0.374 e. The van der Waals surface area contributed by atoms with Gasteiger partial charge in [0.15, 0.2) is 0 Å². The lowest BCUT2D eigenvalue weighted by atomic mass is 10.1. The molecule has 17 heavy (non-hydrogen) atoms. The molecule has 2 rings (SSSR count). The second-order valence-electron chi connectivity index (χ2n) is 4.95. The highest BCUT2D eigenvalue weighted by Gasteiger charge is 2.20. The molecule has 1 aliphatic rings. The maximum atomic E-state index is 5.81. The molecule has 2 heteroatoms. The minimum absolute atomic E-state index is 0.347. The third-order valence-corrected chi connectivity index (χ3v) is 3.38. The van der Waals surface area contributed by atoms with E-state index >= 15 is 0 Å². The van der Waals surface area contributed by atoms with Gasteiger partial charge in [-0.3, -0.25) is 0 Å². The van der Waals surface area contributed by atoms with E-state index in [0.29, 0.717) is 6.10 Å². The molecular weight excluding hydrogens is 210 g/mol. The Morgan fingerprint density at radius 3 is 2.65 bits per heavy atom. The number of hydrogen-bond donors (Lipinski definition) is 1. The van der Waals surface area contributed by atoms with Crippen molar-refractivity contribution in [3.63, 3.8) is 0 Å². The average Bonchev–Trinajstić information content (AvgIpc) is 3.18. The van der Waals surface area contributed by atoms with Crippen molar-refractivity contribution in [2.45, 2.75) is 58.4 Å². The lowest BCUT2D eigenvalue weighted by Gasteiger charge is -2.14. The van der Waals surface area contributed by atoms with Gasteiger partial charge in [0.1, 0.15) is 0 Å². The summed E-state index contributed by atoms with van der Waals surface area (Å²) in [5, 5.41) is 3.56. The van der Waals surface area contributed by atoms with Gasteiger partial charge in [-0.25, -0.2) is 0 Å². The van der Waals surface area contributed by atoms with Crippen LogP contribution in [0.1, 0.15) is 44.2 Å². The minimum Gasteiger partial charge on any atom is -0.374 e. The van der Waals surface area contributed by atoms with Crippen LogP contribution in [-0.2, 0) is 17.9 Å². The van der Waals surface area contributed by atoms with E-state index < -0.39 is 0 Å². The molecule has 0 radical (unpaired) electrons. The van der Waals surface area contributed by atoms with E-state index in [4.69, 9.17) is 4.74 Å². The monoisotopic (exact) mass is 233 g/mol. The second-order valence-corrected chi connectivity index (χ2v) is 4.95. The first-order valence-electron chi connectivity index (χ1n) is 6.71. The summed E-state index contributed by atoms with van der Waals surface area (Å²) in [6.07, 6.45) is 4.10. The molecule has 1 unspecified atom stereocenters. The van der Waals surface area contributed by atoms with Crippen molar-refractivity contribution in [1.82, 2.24) is 5.32 Å². The van der Waals surface area contributed by atoms with E-state index in [2.05, 4.69) is 43.4 Å². The molecule has 1 N–H and O–H groups in total. The lowest BCUT2D eigenvalue weighted by Crippen LogP contribution is -2.17. The number of benzene rings is 1. The third kappa shape index (κ3) is 4.14. The van der Waals surface area contributed by atoms with E-state index in [1.165, 1.54) is 24.0 Å². The Labute approximate surface area is 104 Å². The average molecular weight is 233 g/mol. The van der Waals surface area contributed by atoms with Gasteiger partial charge < -0.3 is 10.1 Å². The Morgan fingerprint density at radius 2 is 2.00 bits per heavy atom. The van der Waals surface area contributed by atoms with Crippen molar-refractivity contribution in [2.75, 3.05) is 0 Å². The van der Waals surface area contributed by atoms with Crippen LogP contribution < -0.4 is 5.32 Å². The third-order valence-electron chi connectivity index (χ3n) is 3.38. The van der Waals surface area contributed by atoms with Gasteiger partial charge in [-0.05, 0) is 37.3 Å². The van der Waals surface area contributed by atoms with Crippen LogP contribution in [0.2, 0.25) is 0 Å². The van der Waals surface area contributed by atoms with Crippen LogP contribution in [0.25, 0.3) is 0 Å².